The first-order valence-electron chi connectivity index (χ1n) is 7.19. The molecule has 0 amide bonds. The topological polar surface area (TPSA) is 63.2 Å². The summed E-state index contributed by atoms with van der Waals surface area (Å²) in [6.07, 6.45) is 1.66. The maximum Gasteiger partial charge on any atom is 0.125 e. The number of aryl methyl sites for hydroxylation is 2. The second kappa shape index (κ2) is 6.37. The van der Waals surface area contributed by atoms with Crippen molar-refractivity contribution in [2.45, 2.75) is 26.9 Å². The maximum absolute atomic E-state index is 9.22. The standard InChI is InChI=1S/C16H19N3O2S/c1-11-3-4-13(22-11)10-17-16-9-15(18-19(16)6-7-20)14-5-8-21-12(14)2/h3-5,8-9,17,20H,6-7,10H2,1-2H3. The summed E-state index contributed by atoms with van der Waals surface area (Å²) in [6.45, 7) is 5.28. The van der Waals surface area contributed by atoms with E-state index in [1.807, 2.05) is 19.1 Å². The number of rotatable bonds is 6. The lowest BCUT2D eigenvalue weighted by molar-refractivity contribution is 0.270. The molecule has 0 radical (unpaired) electrons. The highest BCUT2D eigenvalue weighted by Crippen LogP contribution is 2.26. The van der Waals surface area contributed by atoms with Gasteiger partial charge in [0, 0.05) is 21.4 Å². The van der Waals surface area contributed by atoms with E-state index in [-0.39, 0.29) is 6.61 Å². The van der Waals surface area contributed by atoms with E-state index in [1.165, 1.54) is 9.75 Å². The van der Waals surface area contributed by atoms with Crippen LogP contribution in [-0.2, 0) is 13.1 Å². The third-order valence-electron chi connectivity index (χ3n) is 3.47. The van der Waals surface area contributed by atoms with Crippen molar-refractivity contribution in [3.8, 4) is 11.3 Å². The molecular formula is C16H19N3O2S. The Balaban J connectivity index is 1.82. The van der Waals surface area contributed by atoms with Crippen molar-refractivity contribution >= 4 is 17.2 Å². The van der Waals surface area contributed by atoms with Crippen LogP contribution in [0.1, 0.15) is 15.5 Å². The second-order valence-electron chi connectivity index (χ2n) is 5.12. The smallest absolute Gasteiger partial charge is 0.125 e. The molecule has 5 nitrogen and oxygen atoms in total. The van der Waals surface area contributed by atoms with Gasteiger partial charge in [-0.3, -0.25) is 0 Å². The van der Waals surface area contributed by atoms with Crippen molar-refractivity contribution in [1.82, 2.24) is 9.78 Å². The van der Waals surface area contributed by atoms with Gasteiger partial charge in [-0.05, 0) is 32.0 Å². The molecule has 3 heterocycles. The number of nitrogens with zero attached hydrogens (tertiary/aromatic N) is 2. The number of aliphatic hydroxyl groups is 1. The van der Waals surface area contributed by atoms with E-state index in [9.17, 15) is 5.11 Å². The van der Waals surface area contributed by atoms with Crippen LogP contribution in [0, 0.1) is 13.8 Å². The number of aliphatic hydroxyl groups excluding tert-OH is 1. The number of hydrogen-bond acceptors (Lipinski definition) is 5. The van der Waals surface area contributed by atoms with Gasteiger partial charge >= 0.3 is 0 Å². The van der Waals surface area contributed by atoms with Gasteiger partial charge in [0.2, 0.25) is 0 Å². The fourth-order valence-corrected chi connectivity index (χ4v) is 3.19. The van der Waals surface area contributed by atoms with Crippen molar-refractivity contribution in [3.05, 3.63) is 46.0 Å². The molecule has 0 spiro atoms. The molecule has 6 heteroatoms. The first kappa shape index (κ1) is 14.9. The monoisotopic (exact) mass is 317 g/mol. The zero-order valence-corrected chi connectivity index (χ0v) is 13.5. The number of nitrogens with one attached hydrogen (secondary N) is 1. The first-order chi connectivity index (χ1) is 10.7. The quantitative estimate of drug-likeness (QED) is 0.731. The lowest BCUT2D eigenvalue weighted by Gasteiger charge is -2.07. The fourth-order valence-electron chi connectivity index (χ4n) is 2.36. The molecule has 3 aromatic rings. The average molecular weight is 317 g/mol. The molecular weight excluding hydrogens is 298 g/mol. The Hall–Kier alpha value is -2.05. The average Bonchev–Trinajstić information content (AvgIpc) is 3.18. The van der Waals surface area contributed by atoms with E-state index >= 15 is 0 Å². The fraction of sp³-hybridized carbons (Fsp3) is 0.312. The summed E-state index contributed by atoms with van der Waals surface area (Å²) < 4.78 is 7.14. The Morgan fingerprint density at radius 3 is 2.82 bits per heavy atom. The lowest BCUT2D eigenvalue weighted by Crippen LogP contribution is -2.09. The highest BCUT2D eigenvalue weighted by Gasteiger charge is 2.13. The molecule has 0 aromatic carbocycles. The summed E-state index contributed by atoms with van der Waals surface area (Å²) >= 11 is 1.78. The van der Waals surface area contributed by atoms with Gasteiger partial charge in [0.15, 0.2) is 0 Å². The lowest BCUT2D eigenvalue weighted by atomic mass is 10.2. The van der Waals surface area contributed by atoms with Crippen LogP contribution in [0.15, 0.2) is 34.9 Å². The molecule has 0 aliphatic heterocycles. The van der Waals surface area contributed by atoms with Crippen molar-refractivity contribution in [2.24, 2.45) is 0 Å². The summed E-state index contributed by atoms with van der Waals surface area (Å²) in [4.78, 5) is 2.57. The van der Waals surface area contributed by atoms with E-state index in [4.69, 9.17) is 4.42 Å². The third kappa shape index (κ3) is 3.08. The zero-order valence-electron chi connectivity index (χ0n) is 12.7. The van der Waals surface area contributed by atoms with Crippen molar-refractivity contribution in [3.63, 3.8) is 0 Å². The van der Waals surface area contributed by atoms with Crippen molar-refractivity contribution in [1.29, 1.82) is 0 Å². The van der Waals surface area contributed by atoms with Gasteiger partial charge in [-0.1, -0.05) is 0 Å². The van der Waals surface area contributed by atoms with Gasteiger partial charge in [0.1, 0.15) is 11.6 Å². The molecule has 0 aliphatic rings. The molecule has 0 aliphatic carbocycles. The largest absolute Gasteiger partial charge is 0.469 e. The first-order valence-corrected chi connectivity index (χ1v) is 8.01. The van der Waals surface area contributed by atoms with Crippen LogP contribution >= 0.6 is 11.3 Å². The molecule has 3 aromatic heterocycles. The number of hydrogen-bond donors (Lipinski definition) is 2. The normalized spacial score (nSPS) is 11.0. The molecule has 0 fully saturated rings. The van der Waals surface area contributed by atoms with Crippen LogP contribution in [0.25, 0.3) is 11.3 Å². The summed E-state index contributed by atoms with van der Waals surface area (Å²) in [5.41, 5.74) is 1.83. The molecule has 0 saturated carbocycles. The van der Waals surface area contributed by atoms with Gasteiger partial charge in [-0.15, -0.1) is 11.3 Å². The highest BCUT2D eigenvalue weighted by atomic mass is 32.1. The molecule has 0 unspecified atom stereocenters. The minimum atomic E-state index is 0.0538. The van der Waals surface area contributed by atoms with Crippen LogP contribution in [0.2, 0.25) is 0 Å². The summed E-state index contributed by atoms with van der Waals surface area (Å²) in [6, 6.07) is 8.15. The van der Waals surface area contributed by atoms with Crippen LogP contribution in [0.3, 0.4) is 0 Å². The molecule has 22 heavy (non-hydrogen) atoms. The Morgan fingerprint density at radius 1 is 1.32 bits per heavy atom. The van der Waals surface area contributed by atoms with E-state index in [0.717, 1.165) is 29.4 Å². The summed E-state index contributed by atoms with van der Waals surface area (Å²) in [7, 11) is 0. The van der Waals surface area contributed by atoms with Crippen LogP contribution in [0.4, 0.5) is 5.82 Å². The summed E-state index contributed by atoms with van der Waals surface area (Å²) in [5.74, 6) is 1.74. The number of aromatic nitrogens is 2. The van der Waals surface area contributed by atoms with Crippen LogP contribution in [0.5, 0.6) is 0 Å². The minimum absolute atomic E-state index is 0.0538. The Kier molecular flexibility index (Phi) is 4.31. The molecule has 2 N–H and O–H groups in total. The number of anilines is 1. The number of thiophene rings is 1. The van der Waals surface area contributed by atoms with Gasteiger partial charge in [0.05, 0.1) is 31.7 Å². The SMILES string of the molecule is Cc1ccc(CNc2cc(-c3ccoc3C)nn2CCO)s1. The molecule has 116 valence electrons. The van der Waals surface area contributed by atoms with E-state index in [1.54, 1.807) is 22.3 Å². The molecule has 0 atom stereocenters. The van der Waals surface area contributed by atoms with Crippen molar-refractivity contribution in [2.75, 3.05) is 11.9 Å². The Morgan fingerprint density at radius 2 is 2.18 bits per heavy atom. The molecule has 0 saturated heterocycles. The third-order valence-corrected chi connectivity index (χ3v) is 4.47. The van der Waals surface area contributed by atoms with Gasteiger partial charge in [-0.25, -0.2) is 4.68 Å². The van der Waals surface area contributed by atoms with Crippen LogP contribution < -0.4 is 5.32 Å². The predicted octanol–water partition coefficient (Wildman–Crippen LogP) is 3.43. The van der Waals surface area contributed by atoms with E-state index in [0.29, 0.717) is 6.54 Å². The highest BCUT2D eigenvalue weighted by molar-refractivity contribution is 7.11. The van der Waals surface area contributed by atoms with Gasteiger partial charge < -0.3 is 14.8 Å². The van der Waals surface area contributed by atoms with Gasteiger partial charge in [-0.2, -0.15) is 5.10 Å². The second-order valence-corrected chi connectivity index (χ2v) is 6.49. The Labute approximate surface area is 133 Å². The van der Waals surface area contributed by atoms with E-state index < -0.39 is 0 Å². The van der Waals surface area contributed by atoms with E-state index in [2.05, 4.69) is 29.5 Å². The zero-order chi connectivity index (χ0) is 15.5. The molecule has 3 rings (SSSR count). The Bertz CT molecular complexity index is 757. The number of furan rings is 1. The van der Waals surface area contributed by atoms with Gasteiger partial charge in [0.25, 0.3) is 0 Å². The minimum Gasteiger partial charge on any atom is -0.469 e. The molecule has 0 bridgehead atoms. The van der Waals surface area contributed by atoms with Crippen LogP contribution in [-0.4, -0.2) is 21.5 Å². The maximum atomic E-state index is 9.22. The summed E-state index contributed by atoms with van der Waals surface area (Å²) in [5, 5.41) is 17.2. The van der Waals surface area contributed by atoms with Crippen molar-refractivity contribution < 1.29 is 9.52 Å². The predicted molar refractivity (Wildman–Crippen MR) is 88.1 cm³/mol.